The van der Waals surface area contributed by atoms with Crippen molar-refractivity contribution in [3.8, 4) is 5.75 Å². The van der Waals surface area contributed by atoms with Crippen molar-refractivity contribution in [1.29, 1.82) is 0 Å². The number of nitrogens with one attached hydrogen (secondary N) is 5. The third-order valence-electron chi connectivity index (χ3n) is 14.0. The van der Waals surface area contributed by atoms with Crippen LogP contribution in [0.1, 0.15) is 99.1 Å². The van der Waals surface area contributed by atoms with E-state index < -0.39 is 111 Å². The number of phenols is 1. The van der Waals surface area contributed by atoms with E-state index in [1.807, 2.05) is 72.0 Å². The molecule has 21 heteroatoms. The minimum atomic E-state index is -1.55. The summed E-state index contributed by atoms with van der Waals surface area (Å²) in [4.78, 5) is 128. The minimum Gasteiger partial charge on any atom is -0.502 e. The molecule has 5 rings (SSSR count). The summed E-state index contributed by atoms with van der Waals surface area (Å²) in [6, 6.07) is 1.60. The van der Waals surface area contributed by atoms with E-state index in [2.05, 4.69) is 31.2 Å². The zero-order valence-electron chi connectivity index (χ0n) is 44.9. The number of ether oxygens (including phenoxy) is 1. The van der Waals surface area contributed by atoms with E-state index in [1.165, 1.54) is 32.0 Å². The number of nitrogens with zero attached hydrogens (tertiary/aromatic N) is 4. The number of benzene rings is 2. The van der Waals surface area contributed by atoms with Crippen LogP contribution in [-0.4, -0.2) is 141 Å². The molecule has 9 atom stereocenters. The zero-order valence-corrected chi connectivity index (χ0v) is 44.9. The Morgan fingerprint density at radius 2 is 1.32 bits per heavy atom. The Bertz CT molecular complexity index is 2640. The second-order valence-corrected chi connectivity index (χ2v) is 21.3. The van der Waals surface area contributed by atoms with Gasteiger partial charge in [-0.25, -0.2) is 0 Å². The fourth-order valence-electron chi connectivity index (χ4n) is 9.47. The Labute approximate surface area is 438 Å². The van der Waals surface area contributed by atoms with Gasteiger partial charge < -0.3 is 55.6 Å². The molecule has 2 saturated heterocycles. The second kappa shape index (κ2) is 25.4. The molecule has 6 N–H and O–H groups in total. The third-order valence-corrected chi connectivity index (χ3v) is 14.0. The van der Waals surface area contributed by atoms with Crippen LogP contribution in [0.15, 0.2) is 60.8 Å². The molecule has 75 heavy (non-hydrogen) atoms. The second-order valence-electron chi connectivity index (χ2n) is 21.3. The van der Waals surface area contributed by atoms with Crippen LogP contribution in [0.2, 0.25) is 0 Å². The highest BCUT2D eigenvalue weighted by Crippen LogP contribution is 2.36. The number of aromatic hydroxyl groups is 1. The summed E-state index contributed by atoms with van der Waals surface area (Å²) in [7, 11) is 2.72. The Hall–Kier alpha value is -7.16. The molecular weight excluding hydrogens is 967 g/mol. The van der Waals surface area contributed by atoms with Gasteiger partial charge in [0.25, 0.3) is 0 Å². The minimum absolute atomic E-state index is 0.0261. The van der Waals surface area contributed by atoms with E-state index in [1.54, 1.807) is 26.0 Å². The van der Waals surface area contributed by atoms with Crippen LogP contribution in [-0.2, 0) is 61.5 Å². The molecule has 2 fully saturated rings. The maximum atomic E-state index is 15.3. The van der Waals surface area contributed by atoms with E-state index in [-0.39, 0.29) is 62.0 Å². The van der Waals surface area contributed by atoms with Crippen molar-refractivity contribution in [1.82, 2.24) is 41.0 Å². The summed E-state index contributed by atoms with van der Waals surface area (Å²) in [5.41, 5.74) is 0.510. The van der Waals surface area contributed by atoms with Gasteiger partial charge in [0.15, 0.2) is 5.75 Å². The molecule has 3 aromatic rings. The van der Waals surface area contributed by atoms with Crippen molar-refractivity contribution >= 4 is 64.2 Å². The lowest BCUT2D eigenvalue weighted by Gasteiger charge is -2.33. The molecule has 3 heterocycles. The van der Waals surface area contributed by atoms with Gasteiger partial charge in [0.05, 0.1) is 17.1 Å². The van der Waals surface area contributed by atoms with Crippen LogP contribution in [0, 0.1) is 27.9 Å². The number of para-hydroxylation sites is 1. The lowest BCUT2D eigenvalue weighted by atomic mass is 9.98. The molecule has 1 aromatic heterocycles. The number of carbonyl (C=O) groups is 8. The summed E-state index contributed by atoms with van der Waals surface area (Å²) in [6.07, 6.45) is 5.30. The Morgan fingerprint density at radius 1 is 0.760 bits per heavy atom. The van der Waals surface area contributed by atoms with Crippen molar-refractivity contribution in [2.75, 3.05) is 20.7 Å². The molecule has 3 unspecified atom stereocenters. The number of nitro benzene ring substituents is 1. The Morgan fingerprint density at radius 3 is 1.92 bits per heavy atom. The van der Waals surface area contributed by atoms with Crippen LogP contribution in [0.25, 0.3) is 10.9 Å². The molecule has 2 aliphatic heterocycles. The molecule has 0 radical (unpaired) electrons. The highest BCUT2D eigenvalue weighted by molar-refractivity contribution is 5.99. The van der Waals surface area contributed by atoms with E-state index in [4.69, 9.17) is 4.74 Å². The lowest BCUT2D eigenvalue weighted by Crippen LogP contribution is -2.60. The van der Waals surface area contributed by atoms with Crippen molar-refractivity contribution in [2.24, 2.45) is 17.8 Å². The first kappa shape index (κ1) is 58.7. The number of epoxide rings is 1. The molecular formula is C54H75N9O12. The maximum absolute atomic E-state index is 15.3. The molecule has 2 aromatic carbocycles. The lowest BCUT2D eigenvalue weighted by molar-refractivity contribution is -0.385. The van der Waals surface area contributed by atoms with Gasteiger partial charge in [0, 0.05) is 56.0 Å². The topological polar surface area (TPSA) is 284 Å². The zero-order chi connectivity index (χ0) is 55.6. The maximum Gasteiger partial charge on any atom is 0.310 e. The number of fused-ring (bicyclic) bond motifs is 1. The number of carbonyl (C=O) groups excluding carboxylic acids is 8. The highest BCUT2D eigenvalue weighted by Gasteiger charge is 2.43. The van der Waals surface area contributed by atoms with Crippen molar-refractivity contribution in [3.05, 3.63) is 82.1 Å². The predicted octanol–water partition coefficient (Wildman–Crippen LogP) is 3.57. The molecule has 0 aliphatic carbocycles. The monoisotopic (exact) mass is 1040 g/mol. The van der Waals surface area contributed by atoms with Crippen LogP contribution < -0.4 is 26.6 Å². The summed E-state index contributed by atoms with van der Waals surface area (Å²) < 4.78 is 7.83. The average Bonchev–Trinajstić information content (AvgIpc) is 4.16. The predicted molar refractivity (Wildman–Crippen MR) is 280 cm³/mol. The van der Waals surface area contributed by atoms with Gasteiger partial charge in [-0.15, -0.1) is 0 Å². The first-order valence-corrected chi connectivity index (χ1v) is 25.6. The van der Waals surface area contributed by atoms with Crippen LogP contribution in [0.4, 0.5) is 5.69 Å². The van der Waals surface area contributed by atoms with Gasteiger partial charge in [-0.3, -0.25) is 43.7 Å². The van der Waals surface area contributed by atoms with Crippen molar-refractivity contribution in [2.45, 2.75) is 155 Å². The van der Waals surface area contributed by atoms with E-state index in [9.17, 15) is 48.8 Å². The fourth-order valence-corrected chi connectivity index (χ4v) is 9.47. The largest absolute Gasteiger partial charge is 0.502 e. The van der Waals surface area contributed by atoms with E-state index in [0.717, 1.165) is 27.9 Å². The Balaban J connectivity index is 1.69. The summed E-state index contributed by atoms with van der Waals surface area (Å²) in [5, 5.41) is 36.8. The van der Waals surface area contributed by atoms with Gasteiger partial charge >= 0.3 is 5.69 Å². The number of aldehydes is 1. The van der Waals surface area contributed by atoms with E-state index in [0.29, 0.717) is 18.5 Å². The standard InChI is InChI=1S/C54H75N9O12/c1-12-13-17-37-47(66)59-40(26-35-27-62(54(8,9)46-29-75-46)41-18-15-14-16-36(35)41)53(72)61(11)43(22-31(4)5)50(69)58-39(24-34-19-20-45(65)42(25-34)63(73)74)48(67)55-33(7)52(71)60(10)44(23-32(6)28-64)51(70)57-38(21-30(2)3)49(68)56-37/h12-16,18-20,25,27-28,30-33,37-40,43-44,46,65H,17,21-24,26,29H2,1-11H3,(H,55,67)(H,56,68)(H,57,70)(H,58,69)(H,59,66)/b13-12+/t32?,33-,37-,38?,39-,40-,43-,44-,46?/m0/s1. The summed E-state index contributed by atoms with van der Waals surface area (Å²) in [6.45, 7) is 16.6. The number of hydrogen-bond acceptors (Lipinski definition) is 12. The molecule has 408 valence electrons. The number of likely N-dealkylation sites (N-methyl/N-ethyl adjacent to an activating group) is 2. The highest BCUT2D eigenvalue weighted by atomic mass is 16.6. The number of phenolic OH excluding ortho intramolecular Hbond substituents is 1. The van der Waals surface area contributed by atoms with Crippen LogP contribution >= 0.6 is 0 Å². The number of hydrogen-bond donors (Lipinski definition) is 6. The van der Waals surface area contributed by atoms with Gasteiger partial charge in [0.1, 0.15) is 54.7 Å². The van der Waals surface area contributed by atoms with Gasteiger partial charge in [-0.2, -0.15) is 0 Å². The van der Waals surface area contributed by atoms with Crippen LogP contribution in [0.3, 0.4) is 0 Å². The van der Waals surface area contributed by atoms with Gasteiger partial charge in [-0.1, -0.05) is 71.0 Å². The molecule has 0 saturated carbocycles. The Kier molecular flexibility index (Phi) is 19.9. The van der Waals surface area contributed by atoms with Gasteiger partial charge in [0.2, 0.25) is 41.4 Å². The first-order valence-electron chi connectivity index (χ1n) is 25.6. The molecule has 7 amide bonds. The fraction of sp³-hybridized carbons (Fsp3) is 0.556. The smallest absolute Gasteiger partial charge is 0.310 e. The number of rotatable bonds is 16. The normalized spacial score (nSPS) is 24.6. The average molecular weight is 1040 g/mol. The quantitative estimate of drug-likeness (QED) is 0.0395. The van der Waals surface area contributed by atoms with Crippen LogP contribution in [0.5, 0.6) is 5.75 Å². The number of amides is 7. The summed E-state index contributed by atoms with van der Waals surface area (Å²) >= 11 is 0. The third kappa shape index (κ3) is 14.8. The number of aromatic nitrogens is 1. The molecule has 21 nitrogen and oxygen atoms in total. The molecule has 2 aliphatic rings. The van der Waals surface area contributed by atoms with Gasteiger partial charge in [-0.05, 0) is 88.5 Å². The molecule has 0 spiro atoms. The first-order chi connectivity index (χ1) is 35.3. The number of allylic oxidation sites excluding steroid dienone is 1. The molecule has 0 bridgehead atoms. The summed E-state index contributed by atoms with van der Waals surface area (Å²) in [5.74, 6) is -7.25. The van der Waals surface area contributed by atoms with Crippen molar-refractivity contribution in [3.63, 3.8) is 0 Å². The number of nitro groups is 1. The van der Waals surface area contributed by atoms with E-state index >= 15 is 4.79 Å². The van der Waals surface area contributed by atoms with Crippen molar-refractivity contribution < 1.29 is 53.1 Å². The SMILES string of the molecule is C/C=C/C[C@@H]1NC(=O)C(CC(C)C)NC(=O)[C@H](CC(C)C=O)N(C)C(=O)[C@H](C)NC(=O)[C@H](Cc2ccc(O)c([N+](=O)[O-])c2)NC(=O)[C@H](CC(C)C)N(C)C(=O)[C@H](Cc2cn(C(C)(C)C3CO3)c3ccccc23)NC1=O.